The molecule has 34 heavy (non-hydrogen) atoms. The fourth-order valence-corrected chi connectivity index (χ4v) is 4.01. The van der Waals surface area contributed by atoms with Gasteiger partial charge in [-0.15, -0.1) is 0 Å². The highest BCUT2D eigenvalue weighted by molar-refractivity contribution is 5.83. The zero-order valence-electron chi connectivity index (χ0n) is 19.1. The highest BCUT2D eigenvalue weighted by Crippen LogP contribution is 2.28. The van der Waals surface area contributed by atoms with Crippen LogP contribution >= 0.6 is 0 Å². The minimum absolute atomic E-state index is 0.000221. The number of ether oxygens (including phenoxy) is 2. The maximum Gasteiger partial charge on any atom is 0.260 e. The van der Waals surface area contributed by atoms with E-state index in [1.54, 1.807) is 17.0 Å². The van der Waals surface area contributed by atoms with Gasteiger partial charge in [-0.25, -0.2) is 14.4 Å². The van der Waals surface area contributed by atoms with E-state index in [-0.39, 0.29) is 18.3 Å². The van der Waals surface area contributed by atoms with E-state index >= 15 is 0 Å². The Labute approximate surface area is 196 Å². The first-order valence-electron chi connectivity index (χ1n) is 11.3. The minimum atomic E-state index is -0.463. The second kappa shape index (κ2) is 9.13. The SMILES string of the molecule is CCc1nc(-c2ccc(OC)c(F)c2)nc2c1ccn2-c1cccc(OCC(=O)N2CCC2)c1. The molecule has 0 bridgehead atoms. The summed E-state index contributed by atoms with van der Waals surface area (Å²) in [6.45, 7) is 3.65. The Hall–Kier alpha value is -3.94. The molecule has 2 aromatic heterocycles. The summed E-state index contributed by atoms with van der Waals surface area (Å²) in [6, 6.07) is 14.2. The number of halogens is 1. The lowest BCUT2D eigenvalue weighted by Gasteiger charge is -2.30. The van der Waals surface area contributed by atoms with Crippen molar-refractivity contribution in [3.05, 3.63) is 66.2 Å². The van der Waals surface area contributed by atoms with Gasteiger partial charge in [-0.3, -0.25) is 4.79 Å². The van der Waals surface area contributed by atoms with Gasteiger partial charge in [0.15, 0.2) is 24.0 Å². The molecule has 0 saturated carbocycles. The van der Waals surface area contributed by atoms with E-state index in [0.29, 0.717) is 29.2 Å². The monoisotopic (exact) mass is 460 g/mol. The molecule has 0 radical (unpaired) electrons. The van der Waals surface area contributed by atoms with Gasteiger partial charge in [0, 0.05) is 36.3 Å². The zero-order valence-corrected chi connectivity index (χ0v) is 19.1. The smallest absolute Gasteiger partial charge is 0.260 e. The Balaban J connectivity index is 1.50. The van der Waals surface area contributed by atoms with E-state index in [4.69, 9.17) is 19.4 Å². The van der Waals surface area contributed by atoms with Crippen LogP contribution < -0.4 is 9.47 Å². The highest BCUT2D eigenvalue weighted by atomic mass is 19.1. The molecule has 1 saturated heterocycles. The highest BCUT2D eigenvalue weighted by Gasteiger charge is 2.20. The molecule has 4 aromatic rings. The van der Waals surface area contributed by atoms with Crippen molar-refractivity contribution in [1.29, 1.82) is 0 Å². The third-order valence-corrected chi connectivity index (χ3v) is 6.03. The largest absolute Gasteiger partial charge is 0.494 e. The van der Waals surface area contributed by atoms with E-state index in [9.17, 15) is 9.18 Å². The van der Waals surface area contributed by atoms with Crippen molar-refractivity contribution in [2.45, 2.75) is 19.8 Å². The first-order valence-corrected chi connectivity index (χ1v) is 11.3. The van der Waals surface area contributed by atoms with E-state index in [2.05, 4.69) is 0 Å². The van der Waals surface area contributed by atoms with Crippen LogP contribution in [0.1, 0.15) is 19.0 Å². The number of fused-ring (bicyclic) bond motifs is 1. The van der Waals surface area contributed by atoms with Crippen molar-refractivity contribution in [3.8, 4) is 28.6 Å². The Bertz CT molecular complexity index is 1360. The number of carbonyl (C=O) groups excluding carboxylic acids is 1. The van der Waals surface area contributed by atoms with Crippen LogP contribution in [0.5, 0.6) is 11.5 Å². The first kappa shape index (κ1) is 21.9. The van der Waals surface area contributed by atoms with Crippen LogP contribution in [0.4, 0.5) is 4.39 Å². The summed E-state index contributed by atoms with van der Waals surface area (Å²) >= 11 is 0. The Morgan fingerprint density at radius 3 is 2.68 bits per heavy atom. The maximum absolute atomic E-state index is 14.3. The van der Waals surface area contributed by atoms with Crippen molar-refractivity contribution < 1.29 is 18.7 Å². The summed E-state index contributed by atoms with van der Waals surface area (Å²) in [7, 11) is 1.43. The van der Waals surface area contributed by atoms with E-state index in [1.165, 1.54) is 13.2 Å². The van der Waals surface area contributed by atoms with Crippen LogP contribution in [0.2, 0.25) is 0 Å². The number of nitrogens with zero attached hydrogens (tertiary/aromatic N) is 4. The molecule has 1 amide bonds. The standard InChI is InChI=1S/C26H25FN4O3/c1-3-22-20-10-13-31(18-6-4-7-19(15-18)34-16-24(32)30-11-5-12-30)26(20)29-25(28-22)17-8-9-23(33-2)21(27)14-17/h4,6-10,13-15H,3,5,11-12,16H2,1-2H3. The second-order valence-corrected chi connectivity index (χ2v) is 8.14. The number of aryl methyl sites for hydroxylation is 1. The Morgan fingerprint density at radius 2 is 1.97 bits per heavy atom. The third-order valence-electron chi connectivity index (χ3n) is 6.03. The Morgan fingerprint density at radius 1 is 1.12 bits per heavy atom. The zero-order chi connectivity index (χ0) is 23.7. The summed E-state index contributed by atoms with van der Waals surface area (Å²) < 4.78 is 27.1. The molecule has 8 heteroatoms. The molecule has 0 aliphatic carbocycles. The molecule has 7 nitrogen and oxygen atoms in total. The van der Waals surface area contributed by atoms with Gasteiger partial charge in [-0.05, 0) is 49.2 Å². The molecule has 1 aliphatic heterocycles. The van der Waals surface area contributed by atoms with Crippen LogP contribution in [0.15, 0.2) is 54.7 Å². The van der Waals surface area contributed by atoms with Crippen LogP contribution in [0, 0.1) is 5.82 Å². The van der Waals surface area contributed by atoms with Gasteiger partial charge in [-0.1, -0.05) is 13.0 Å². The van der Waals surface area contributed by atoms with Crippen molar-refractivity contribution in [3.63, 3.8) is 0 Å². The lowest BCUT2D eigenvalue weighted by Crippen LogP contribution is -2.44. The molecule has 3 heterocycles. The number of methoxy groups -OCH3 is 1. The molecule has 0 spiro atoms. The van der Waals surface area contributed by atoms with Crippen molar-refractivity contribution >= 4 is 16.9 Å². The van der Waals surface area contributed by atoms with Crippen LogP contribution in [0.3, 0.4) is 0 Å². The van der Waals surface area contributed by atoms with Crippen LogP contribution in [-0.4, -0.2) is 52.1 Å². The van der Waals surface area contributed by atoms with E-state index < -0.39 is 5.82 Å². The number of amides is 1. The van der Waals surface area contributed by atoms with Gasteiger partial charge in [0.05, 0.1) is 18.5 Å². The molecule has 5 rings (SSSR count). The van der Waals surface area contributed by atoms with Crippen molar-refractivity contribution in [1.82, 2.24) is 19.4 Å². The molecule has 1 fully saturated rings. The molecular formula is C26H25FN4O3. The van der Waals surface area contributed by atoms with Gasteiger partial charge < -0.3 is 18.9 Å². The number of rotatable bonds is 7. The number of likely N-dealkylation sites (tertiary alicyclic amines) is 1. The topological polar surface area (TPSA) is 69.5 Å². The van der Waals surface area contributed by atoms with Gasteiger partial charge in [0.25, 0.3) is 5.91 Å². The number of hydrogen-bond donors (Lipinski definition) is 0. The normalized spacial score (nSPS) is 13.1. The summed E-state index contributed by atoms with van der Waals surface area (Å²) in [4.78, 5) is 23.4. The molecule has 1 aliphatic rings. The Kier molecular flexibility index (Phi) is 5.88. The average molecular weight is 461 g/mol. The third kappa shape index (κ3) is 4.07. The summed E-state index contributed by atoms with van der Waals surface area (Å²) in [5.74, 6) is 0.761. The summed E-state index contributed by atoms with van der Waals surface area (Å²) in [5.41, 5.74) is 3.01. The lowest BCUT2D eigenvalue weighted by molar-refractivity contribution is -0.136. The van der Waals surface area contributed by atoms with E-state index in [1.807, 2.05) is 48.0 Å². The maximum atomic E-state index is 14.3. The fourth-order valence-electron chi connectivity index (χ4n) is 4.01. The van der Waals surface area contributed by atoms with Gasteiger partial charge in [0.2, 0.25) is 0 Å². The van der Waals surface area contributed by atoms with E-state index in [0.717, 1.165) is 36.3 Å². The quantitative estimate of drug-likeness (QED) is 0.409. The summed E-state index contributed by atoms with van der Waals surface area (Å²) in [5, 5.41) is 0.930. The average Bonchev–Trinajstić information content (AvgIpc) is 3.25. The molecule has 0 unspecified atom stereocenters. The molecule has 0 atom stereocenters. The number of carbonyl (C=O) groups is 1. The molecule has 2 aromatic carbocycles. The van der Waals surface area contributed by atoms with Gasteiger partial charge in [-0.2, -0.15) is 0 Å². The van der Waals surface area contributed by atoms with Gasteiger partial charge >= 0.3 is 0 Å². The summed E-state index contributed by atoms with van der Waals surface area (Å²) in [6.07, 6.45) is 3.69. The van der Waals surface area contributed by atoms with Crippen molar-refractivity contribution in [2.75, 3.05) is 26.8 Å². The predicted octanol–water partition coefficient (Wildman–Crippen LogP) is 4.41. The fraction of sp³-hybridized carbons (Fsp3) is 0.269. The van der Waals surface area contributed by atoms with Crippen LogP contribution in [-0.2, 0) is 11.2 Å². The number of benzene rings is 2. The molecule has 174 valence electrons. The lowest BCUT2D eigenvalue weighted by atomic mass is 10.1. The predicted molar refractivity (Wildman–Crippen MR) is 127 cm³/mol. The number of hydrogen-bond acceptors (Lipinski definition) is 5. The minimum Gasteiger partial charge on any atom is -0.494 e. The second-order valence-electron chi connectivity index (χ2n) is 8.14. The molecular weight excluding hydrogens is 435 g/mol. The van der Waals surface area contributed by atoms with Crippen LogP contribution in [0.25, 0.3) is 28.1 Å². The van der Waals surface area contributed by atoms with Crippen molar-refractivity contribution in [2.24, 2.45) is 0 Å². The first-order chi connectivity index (χ1) is 16.6. The number of aromatic nitrogens is 3. The van der Waals surface area contributed by atoms with Gasteiger partial charge in [0.1, 0.15) is 11.4 Å². The molecule has 0 N–H and O–H groups in total.